The normalized spacial score (nSPS) is 17.6. The van der Waals surface area contributed by atoms with E-state index in [4.69, 9.17) is 16.3 Å². The molecule has 4 nitrogen and oxygen atoms in total. The van der Waals surface area contributed by atoms with Crippen molar-refractivity contribution in [3.8, 4) is 0 Å². The van der Waals surface area contributed by atoms with Gasteiger partial charge in [0.15, 0.2) is 0 Å². The van der Waals surface area contributed by atoms with Crippen molar-refractivity contribution < 1.29 is 13.9 Å². The summed E-state index contributed by atoms with van der Waals surface area (Å²) in [6.45, 7) is 4.34. The molecule has 0 aliphatic carbocycles. The molecule has 0 aromatic heterocycles. The highest BCUT2D eigenvalue weighted by Crippen LogP contribution is 2.24. The number of halogens is 2. The molecule has 0 spiro atoms. The Kier molecular flexibility index (Phi) is 5.02. The van der Waals surface area contributed by atoms with E-state index in [0.717, 1.165) is 12.2 Å². The van der Waals surface area contributed by atoms with Gasteiger partial charge in [-0.05, 0) is 43.3 Å². The molecule has 1 N–H and O–H groups in total. The largest absolute Gasteiger partial charge is 0.377 e. The molecule has 1 unspecified atom stereocenters. The van der Waals surface area contributed by atoms with Crippen LogP contribution in [0, 0.1) is 5.82 Å². The number of morpholine rings is 1. The molecule has 126 valence electrons. The lowest BCUT2D eigenvalue weighted by Crippen LogP contribution is -2.43. The summed E-state index contributed by atoms with van der Waals surface area (Å²) in [5, 5.41) is 2.76. The van der Waals surface area contributed by atoms with Crippen LogP contribution in [0.1, 0.15) is 17.3 Å². The molecule has 2 aromatic rings. The first-order valence-electron chi connectivity index (χ1n) is 7.76. The molecule has 1 fully saturated rings. The van der Waals surface area contributed by atoms with Crippen molar-refractivity contribution in [1.82, 2.24) is 0 Å². The number of nitrogens with one attached hydrogen (secondary N) is 1. The van der Waals surface area contributed by atoms with Gasteiger partial charge in [-0.1, -0.05) is 17.7 Å². The van der Waals surface area contributed by atoms with Crippen LogP contribution in [0.3, 0.4) is 0 Å². The topological polar surface area (TPSA) is 41.6 Å². The van der Waals surface area contributed by atoms with Crippen LogP contribution in [-0.2, 0) is 4.74 Å². The van der Waals surface area contributed by atoms with Gasteiger partial charge < -0.3 is 15.0 Å². The van der Waals surface area contributed by atoms with Gasteiger partial charge in [0.1, 0.15) is 5.82 Å². The van der Waals surface area contributed by atoms with E-state index >= 15 is 0 Å². The molecule has 0 saturated carbocycles. The summed E-state index contributed by atoms with van der Waals surface area (Å²) in [7, 11) is 0. The van der Waals surface area contributed by atoms with E-state index in [1.807, 2.05) is 12.1 Å². The number of amides is 1. The Labute approximate surface area is 145 Å². The van der Waals surface area contributed by atoms with Crippen LogP contribution in [0.4, 0.5) is 15.8 Å². The van der Waals surface area contributed by atoms with Crippen molar-refractivity contribution in [1.29, 1.82) is 0 Å². The maximum Gasteiger partial charge on any atom is 0.260 e. The van der Waals surface area contributed by atoms with E-state index < -0.39 is 11.7 Å². The summed E-state index contributed by atoms with van der Waals surface area (Å²) >= 11 is 5.91. The van der Waals surface area contributed by atoms with Crippen molar-refractivity contribution in [2.24, 2.45) is 0 Å². The van der Waals surface area contributed by atoms with Crippen LogP contribution in [0.2, 0.25) is 5.02 Å². The number of hydrogen-bond acceptors (Lipinski definition) is 3. The lowest BCUT2D eigenvalue weighted by atomic mass is 10.1. The third kappa shape index (κ3) is 3.52. The fourth-order valence-corrected chi connectivity index (χ4v) is 3.00. The third-order valence-corrected chi connectivity index (χ3v) is 4.33. The van der Waals surface area contributed by atoms with E-state index in [0.29, 0.717) is 24.9 Å². The number of nitrogens with zero attached hydrogens (tertiary/aromatic N) is 1. The van der Waals surface area contributed by atoms with E-state index in [9.17, 15) is 9.18 Å². The zero-order chi connectivity index (χ0) is 17.1. The monoisotopic (exact) mass is 348 g/mol. The smallest absolute Gasteiger partial charge is 0.260 e. The van der Waals surface area contributed by atoms with Crippen LogP contribution in [0.25, 0.3) is 0 Å². The highest BCUT2D eigenvalue weighted by atomic mass is 35.5. The van der Waals surface area contributed by atoms with E-state index in [1.54, 1.807) is 12.1 Å². The second-order valence-corrected chi connectivity index (χ2v) is 6.12. The van der Waals surface area contributed by atoms with Crippen molar-refractivity contribution in [3.05, 3.63) is 58.9 Å². The molecule has 1 aliphatic heterocycles. The Morgan fingerprint density at radius 3 is 2.71 bits per heavy atom. The minimum Gasteiger partial charge on any atom is -0.377 e. The maximum absolute atomic E-state index is 13.8. The first-order valence-corrected chi connectivity index (χ1v) is 8.14. The number of rotatable bonds is 3. The summed E-state index contributed by atoms with van der Waals surface area (Å²) in [4.78, 5) is 14.5. The SMILES string of the molecule is CC1COCCN1c1ccc(NC(=O)c2c(F)cccc2Cl)cc1. The van der Waals surface area contributed by atoms with Crippen molar-refractivity contribution >= 4 is 28.9 Å². The zero-order valence-corrected chi connectivity index (χ0v) is 14.0. The molecule has 1 heterocycles. The number of anilines is 2. The lowest BCUT2D eigenvalue weighted by molar-refractivity contribution is 0.0989. The first-order chi connectivity index (χ1) is 11.6. The van der Waals surface area contributed by atoms with Gasteiger partial charge in [0.2, 0.25) is 0 Å². The fourth-order valence-electron chi connectivity index (χ4n) is 2.76. The van der Waals surface area contributed by atoms with Crippen LogP contribution in [-0.4, -0.2) is 31.7 Å². The van der Waals surface area contributed by atoms with Gasteiger partial charge in [0.05, 0.1) is 23.8 Å². The standard InChI is InChI=1S/C18H18ClFN2O2/c1-12-11-24-10-9-22(12)14-7-5-13(6-8-14)21-18(23)17-15(19)3-2-4-16(17)20/h2-8,12H,9-11H2,1H3,(H,21,23). The average Bonchev–Trinajstić information content (AvgIpc) is 2.56. The predicted molar refractivity (Wildman–Crippen MR) is 93.4 cm³/mol. The summed E-state index contributed by atoms with van der Waals surface area (Å²) in [6, 6.07) is 11.9. The highest BCUT2D eigenvalue weighted by molar-refractivity contribution is 6.34. The van der Waals surface area contributed by atoms with Gasteiger partial charge in [-0.2, -0.15) is 0 Å². The molecule has 0 radical (unpaired) electrons. The Morgan fingerprint density at radius 2 is 2.04 bits per heavy atom. The van der Waals surface area contributed by atoms with Crippen molar-refractivity contribution in [2.75, 3.05) is 30.0 Å². The molecule has 0 bridgehead atoms. The second kappa shape index (κ2) is 7.20. The first kappa shape index (κ1) is 16.7. The molecule has 1 amide bonds. The summed E-state index contributed by atoms with van der Waals surface area (Å²) in [5.41, 5.74) is 1.50. The van der Waals surface area contributed by atoms with Gasteiger partial charge in [-0.15, -0.1) is 0 Å². The summed E-state index contributed by atoms with van der Waals surface area (Å²) < 4.78 is 19.2. The van der Waals surface area contributed by atoms with E-state index in [1.165, 1.54) is 18.2 Å². The Bertz CT molecular complexity index is 716. The molecule has 1 aliphatic rings. The zero-order valence-electron chi connectivity index (χ0n) is 13.3. The number of carbonyl (C=O) groups is 1. The van der Waals surface area contributed by atoms with Crippen LogP contribution >= 0.6 is 11.6 Å². The second-order valence-electron chi connectivity index (χ2n) is 5.71. The van der Waals surface area contributed by atoms with Gasteiger partial charge in [0.25, 0.3) is 5.91 Å². The number of carbonyl (C=O) groups excluding carboxylic acids is 1. The third-order valence-electron chi connectivity index (χ3n) is 4.01. The highest BCUT2D eigenvalue weighted by Gasteiger charge is 2.19. The summed E-state index contributed by atoms with van der Waals surface area (Å²) in [6.07, 6.45) is 0. The molecular weight excluding hydrogens is 331 g/mol. The molecular formula is C18H18ClFN2O2. The fraction of sp³-hybridized carbons (Fsp3) is 0.278. The van der Waals surface area contributed by atoms with Gasteiger partial charge in [-0.25, -0.2) is 4.39 Å². The summed E-state index contributed by atoms with van der Waals surface area (Å²) in [5.74, 6) is -1.20. The van der Waals surface area contributed by atoms with Gasteiger partial charge >= 0.3 is 0 Å². The molecule has 1 atom stereocenters. The number of hydrogen-bond donors (Lipinski definition) is 1. The Hall–Kier alpha value is -2.11. The van der Waals surface area contributed by atoms with Crippen molar-refractivity contribution in [2.45, 2.75) is 13.0 Å². The lowest BCUT2D eigenvalue weighted by Gasteiger charge is -2.35. The minimum absolute atomic E-state index is 0.0891. The van der Waals surface area contributed by atoms with Gasteiger partial charge in [-0.3, -0.25) is 4.79 Å². The molecule has 24 heavy (non-hydrogen) atoms. The van der Waals surface area contributed by atoms with Gasteiger partial charge in [0, 0.05) is 24.0 Å². The number of ether oxygens (including phenoxy) is 1. The minimum atomic E-state index is -0.640. The van der Waals surface area contributed by atoms with E-state index in [2.05, 4.69) is 17.1 Å². The molecule has 2 aromatic carbocycles. The quantitative estimate of drug-likeness (QED) is 0.913. The molecule has 1 saturated heterocycles. The Balaban J connectivity index is 1.73. The predicted octanol–water partition coefficient (Wildman–Crippen LogP) is 3.96. The van der Waals surface area contributed by atoms with Crippen LogP contribution in [0.5, 0.6) is 0 Å². The van der Waals surface area contributed by atoms with Crippen molar-refractivity contribution in [3.63, 3.8) is 0 Å². The van der Waals surface area contributed by atoms with Crippen LogP contribution < -0.4 is 10.2 Å². The maximum atomic E-state index is 13.8. The van der Waals surface area contributed by atoms with E-state index in [-0.39, 0.29) is 10.6 Å². The Morgan fingerprint density at radius 1 is 1.29 bits per heavy atom. The number of benzene rings is 2. The molecule has 3 rings (SSSR count). The molecule has 6 heteroatoms. The van der Waals surface area contributed by atoms with Crippen LogP contribution in [0.15, 0.2) is 42.5 Å². The average molecular weight is 349 g/mol.